The third-order valence-corrected chi connectivity index (χ3v) is 8.34. The molecule has 3 aromatic heterocycles. The van der Waals surface area contributed by atoms with Gasteiger partial charge in [0.25, 0.3) is 11.8 Å². The molecule has 0 spiro atoms. The summed E-state index contributed by atoms with van der Waals surface area (Å²) in [5, 5.41) is 24.8. The average Bonchev–Trinajstić information content (AvgIpc) is 3.53. The lowest BCUT2D eigenvalue weighted by Gasteiger charge is -2.50. The van der Waals surface area contributed by atoms with Gasteiger partial charge >= 0.3 is 5.65 Å². The molecule has 17 heteroatoms. The molecule has 3 aromatic rings. The summed E-state index contributed by atoms with van der Waals surface area (Å²) in [6.45, 7) is 3.54. The number of nitrogens with one attached hydrogen (secondary N) is 1. The van der Waals surface area contributed by atoms with Crippen LogP contribution in [0.5, 0.6) is 0 Å². The summed E-state index contributed by atoms with van der Waals surface area (Å²) < 4.78 is 7.64. The van der Waals surface area contributed by atoms with Crippen molar-refractivity contribution >= 4 is 69.3 Å². The van der Waals surface area contributed by atoms with E-state index in [4.69, 9.17) is 10.6 Å². The Bertz CT molecular complexity index is 1610. The first-order valence-electron chi connectivity index (χ1n) is 11.6. The molecule has 40 heavy (non-hydrogen) atoms. The van der Waals surface area contributed by atoms with Gasteiger partial charge in [-0.2, -0.15) is 9.36 Å². The summed E-state index contributed by atoms with van der Waals surface area (Å²) in [6.07, 6.45) is 6.77. The molecule has 2 amide bonds. The van der Waals surface area contributed by atoms with Crippen molar-refractivity contribution in [2.24, 2.45) is 12.2 Å². The van der Waals surface area contributed by atoms with Crippen LogP contribution in [0.15, 0.2) is 70.1 Å². The van der Waals surface area contributed by atoms with Crippen LogP contribution in [0.1, 0.15) is 5.82 Å². The molecule has 206 valence electrons. The summed E-state index contributed by atoms with van der Waals surface area (Å²) >= 11 is 3.47. The number of rotatable bonds is 10. The number of carbonyl (C=O) groups excluding carboxylic acids is 3. The van der Waals surface area contributed by atoms with Gasteiger partial charge in [0.2, 0.25) is 11.5 Å². The Balaban J connectivity index is 1.30. The number of aliphatic carboxylic acids is 1. The number of allylic oxidation sites excluding steroid dienone is 1. The normalized spacial score (nSPS) is 19.1. The lowest BCUT2D eigenvalue weighted by atomic mass is 10.0. The van der Waals surface area contributed by atoms with Gasteiger partial charge in [0.05, 0.1) is 18.7 Å². The number of nitrogen functional groups attached to an aromatic ring is 1. The molecule has 1 fully saturated rings. The number of imidazole rings is 1. The fourth-order valence-electron chi connectivity index (χ4n) is 3.93. The van der Waals surface area contributed by atoms with Crippen LogP contribution in [0, 0.1) is 0 Å². The van der Waals surface area contributed by atoms with Crippen molar-refractivity contribution in [1.29, 1.82) is 0 Å². The summed E-state index contributed by atoms with van der Waals surface area (Å²) in [6, 6.07) is 2.77. The van der Waals surface area contributed by atoms with Gasteiger partial charge in [0.1, 0.15) is 29.2 Å². The minimum atomic E-state index is -1.49. The van der Waals surface area contributed by atoms with E-state index in [1.54, 1.807) is 16.0 Å². The minimum Gasteiger partial charge on any atom is -0.543 e. The summed E-state index contributed by atoms with van der Waals surface area (Å²) in [7, 11) is 1.92. The lowest BCUT2D eigenvalue weighted by Crippen LogP contribution is -2.71. The molecule has 5 heterocycles. The van der Waals surface area contributed by atoms with Crippen LogP contribution in [-0.4, -0.2) is 71.1 Å². The molecule has 0 radical (unpaired) electrons. The highest BCUT2D eigenvalue weighted by molar-refractivity contribution is 8.02. The molecule has 0 saturated carbocycles. The highest BCUT2D eigenvalue weighted by atomic mass is 32.2. The van der Waals surface area contributed by atoms with Crippen LogP contribution in [0.25, 0.3) is 5.65 Å². The third kappa shape index (κ3) is 5.30. The fourth-order valence-corrected chi connectivity index (χ4v) is 6.34. The summed E-state index contributed by atoms with van der Waals surface area (Å²) in [5.74, 6) is -2.66. The summed E-state index contributed by atoms with van der Waals surface area (Å²) in [5.41, 5.74) is 6.42. The Labute approximate surface area is 239 Å². The number of oxime groups is 1. The molecule has 2 aliphatic rings. The van der Waals surface area contributed by atoms with Crippen molar-refractivity contribution in [2.45, 2.75) is 16.4 Å². The standard InChI is InChI=1S/C23H21N9O5S3/c1-3-9-37-28-15(18-26-23(24)40-29-18)19(33)25-16-20(34)32-17(22(35)36)12(11-39-21(16)32)6-10-38-13-4-5-14-30(2)7-8-31(14)27-13/h3-8,10,16,21H,1,9,11H2,2H3,(H3-,24,25,26,29,33,35,36)/b10-6+,28-15-/t16-,21-/m1/s1. The SMILES string of the molecule is C=CCO/N=C(\C(=O)N[C@@H]1C(=O)N2C(C(=O)[O-])=C(/C=C/Sc3ccc4n(cc[n+]4C)n3)CS[C@H]12)c1nsc(N)n1. The second-order valence-electron chi connectivity index (χ2n) is 8.31. The van der Waals surface area contributed by atoms with Crippen molar-refractivity contribution in [3.8, 4) is 0 Å². The fraction of sp³-hybridized carbons (Fsp3) is 0.217. The maximum Gasteiger partial charge on any atom is 0.306 e. The molecular formula is C23H21N9O5S3. The first-order chi connectivity index (χ1) is 19.3. The lowest BCUT2D eigenvalue weighted by molar-refractivity contribution is -0.644. The molecular weight excluding hydrogens is 579 g/mol. The molecule has 0 aromatic carbocycles. The number of carbonyl (C=O) groups is 3. The van der Waals surface area contributed by atoms with Crippen molar-refractivity contribution in [3.05, 3.63) is 65.8 Å². The van der Waals surface area contributed by atoms with Crippen LogP contribution < -0.4 is 20.7 Å². The molecule has 0 aliphatic carbocycles. The number of carboxylic acids is 1. The van der Waals surface area contributed by atoms with Gasteiger partial charge in [-0.15, -0.1) is 16.3 Å². The molecule has 0 bridgehead atoms. The highest BCUT2D eigenvalue weighted by Gasteiger charge is 2.53. The number of hydrogen-bond donors (Lipinski definition) is 2. The van der Waals surface area contributed by atoms with Gasteiger partial charge in [-0.25, -0.2) is 4.57 Å². The summed E-state index contributed by atoms with van der Waals surface area (Å²) in [4.78, 5) is 48.2. The van der Waals surface area contributed by atoms with Gasteiger partial charge in [-0.3, -0.25) is 14.5 Å². The Morgan fingerprint density at radius 2 is 2.27 bits per heavy atom. The van der Waals surface area contributed by atoms with E-state index in [1.807, 2.05) is 36.1 Å². The largest absolute Gasteiger partial charge is 0.543 e. The Morgan fingerprint density at radius 3 is 3.00 bits per heavy atom. The van der Waals surface area contributed by atoms with Crippen LogP contribution >= 0.6 is 35.1 Å². The van der Waals surface area contributed by atoms with E-state index in [0.717, 1.165) is 22.1 Å². The number of anilines is 1. The molecule has 2 aliphatic heterocycles. The van der Waals surface area contributed by atoms with Crippen LogP contribution in [-0.2, 0) is 26.3 Å². The van der Waals surface area contributed by atoms with E-state index in [9.17, 15) is 19.5 Å². The van der Waals surface area contributed by atoms with Crippen LogP contribution in [0.2, 0.25) is 0 Å². The van der Waals surface area contributed by atoms with Gasteiger partial charge in [0.15, 0.2) is 11.3 Å². The van der Waals surface area contributed by atoms with Gasteiger partial charge in [-0.05, 0) is 23.1 Å². The van der Waals surface area contributed by atoms with Crippen molar-refractivity contribution in [3.63, 3.8) is 0 Å². The van der Waals surface area contributed by atoms with Gasteiger partial charge in [0, 0.05) is 23.4 Å². The number of β-lactam (4-membered cyclic amide) rings is 1. The van der Waals surface area contributed by atoms with Gasteiger partial charge < -0.3 is 25.8 Å². The maximum absolute atomic E-state index is 13.0. The first kappa shape index (κ1) is 27.4. The number of fused-ring (bicyclic) bond motifs is 2. The molecule has 14 nitrogen and oxygen atoms in total. The second-order valence-corrected chi connectivity index (χ2v) is 11.1. The molecule has 2 atom stereocenters. The van der Waals surface area contributed by atoms with Crippen LogP contribution in [0.4, 0.5) is 5.13 Å². The number of carboxylic acid groups (broad SMARTS) is 1. The van der Waals surface area contributed by atoms with E-state index in [1.165, 1.54) is 29.6 Å². The number of aryl methyl sites for hydroxylation is 1. The zero-order valence-electron chi connectivity index (χ0n) is 20.8. The number of nitrogens with zero attached hydrogens (tertiary/aromatic N) is 7. The molecule has 1 saturated heterocycles. The van der Waals surface area contributed by atoms with E-state index < -0.39 is 29.2 Å². The number of hydrogen-bond acceptors (Lipinski definition) is 13. The van der Waals surface area contributed by atoms with Crippen molar-refractivity contribution in [2.75, 3.05) is 18.1 Å². The average molecular weight is 600 g/mol. The quantitative estimate of drug-likeness (QED) is 0.0566. The number of amides is 2. The second kappa shape index (κ2) is 11.5. The molecule has 3 N–H and O–H groups in total. The van der Waals surface area contributed by atoms with E-state index in [-0.39, 0.29) is 34.7 Å². The van der Waals surface area contributed by atoms with E-state index in [2.05, 4.69) is 31.5 Å². The third-order valence-electron chi connectivity index (χ3n) is 5.76. The zero-order valence-corrected chi connectivity index (χ0v) is 23.2. The monoisotopic (exact) mass is 599 g/mol. The first-order valence-corrected chi connectivity index (χ1v) is 14.3. The van der Waals surface area contributed by atoms with E-state index in [0.29, 0.717) is 10.6 Å². The maximum atomic E-state index is 13.0. The Kier molecular flexibility index (Phi) is 7.85. The topological polar surface area (TPSA) is 184 Å². The Morgan fingerprint density at radius 1 is 1.45 bits per heavy atom. The predicted octanol–water partition coefficient (Wildman–Crippen LogP) is -0.791. The zero-order chi connectivity index (χ0) is 28.4. The van der Waals surface area contributed by atoms with Gasteiger partial charge in [-0.1, -0.05) is 34.7 Å². The van der Waals surface area contributed by atoms with Crippen molar-refractivity contribution < 1.29 is 28.9 Å². The Hall–Kier alpha value is -4.22. The minimum absolute atomic E-state index is 0.0229. The van der Waals surface area contributed by atoms with Crippen molar-refractivity contribution in [1.82, 2.24) is 29.2 Å². The van der Waals surface area contributed by atoms with E-state index >= 15 is 0 Å². The number of aromatic nitrogens is 5. The molecule has 0 unspecified atom stereocenters. The smallest absolute Gasteiger partial charge is 0.306 e. The number of thioether (sulfide) groups is 2. The number of nitrogens with two attached hydrogens (primary N) is 1. The van der Waals surface area contributed by atoms with Crippen LogP contribution in [0.3, 0.4) is 0 Å². The predicted molar refractivity (Wildman–Crippen MR) is 145 cm³/mol. The highest BCUT2D eigenvalue weighted by Crippen LogP contribution is 2.40. The molecule has 5 rings (SSSR count).